The summed E-state index contributed by atoms with van der Waals surface area (Å²) < 4.78 is 0. The lowest BCUT2D eigenvalue weighted by molar-refractivity contribution is 0.102. The number of rotatable bonds is 3. The van der Waals surface area contributed by atoms with E-state index < -0.39 is 0 Å². The van der Waals surface area contributed by atoms with Crippen LogP contribution in [0.5, 0.6) is 0 Å². The van der Waals surface area contributed by atoms with Crippen molar-refractivity contribution in [1.29, 1.82) is 0 Å². The second-order valence-corrected chi connectivity index (χ2v) is 3.16. The van der Waals surface area contributed by atoms with Gasteiger partial charge in [-0.05, 0) is 12.1 Å². The van der Waals surface area contributed by atoms with E-state index in [9.17, 15) is 4.79 Å². The van der Waals surface area contributed by atoms with Crippen molar-refractivity contribution in [1.82, 2.24) is 15.2 Å². The number of aromatic amines is 1. The van der Waals surface area contributed by atoms with Gasteiger partial charge in [0.05, 0.1) is 11.9 Å². The van der Waals surface area contributed by atoms with Crippen molar-refractivity contribution < 1.29 is 4.79 Å². The molecule has 2 rings (SSSR count). The van der Waals surface area contributed by atoms with Crippen LogP contribution in [0.4, 0.5) is 5.82 Å². The van der Waals surface area contributed by atoms with Crippen LogP contribution in [0.2, 0.25) is 0 Å². The van der Waals surface area contributed by atoms with E-state index in [0.29, 0.717) is 23.6 Å². The van der Waals surface area contributed by atoms with E-state index in [-0.39, 0.29) is 5.91 Å². The first-order valence-corrected chi connectivity index (χ1v) is 4.75. The lowest BCUT2D eigenvalue weighted by Gasteiger charge is -2.03. The minimum atomic E-state index is -0.221. The Balaban J connectivity index is 2.14. The molecule has 0 bridgehead atoms. The summed E-state index contributed by atoms with van der Waals surface area (Å²) in [5.74, 6) is 0.331. The van der Waals surface area contributed by atoms with Gasteiger partial charge in [-0.15, -0.1) is 0 Å². The van der Waals surface area contributed by atoms with Gasteiger partial charge in [0, 0.05) is 24.4 Å². The third kappa shape index (κ3) is 2.23. The van der Waals surface area contributed by atoms with Gasteiger partial charge >= 0.3 is 0 Å². The largest absolute Gasteiger partial charge is 0.325 e. The van der Waals surface area contributed by atoms with Crippen LogP contribution in [0, 0.1) is 0 Å². The van der Waals surface area contributed by atoms with Gasteiger partial charge in [-0.25, -0.2) is 0 Å². The summed E-state index contributed by atoms with van der Waals surface area (Å²) >= 11 is 0. The van der Waals surface area contributed by atoms with Crippen LogP contribution in [-0.4, -0.2) is 21.1 Å². The molecule has 0 saturated heterocycles. The molecule has 0 aliphatic rings. The van der Waals surface area contributed by atoms with E-state index in [1.807, 2.05) is 0 Å². The fourth-order valence-electron chi connectivity index (χ4n) is 1.25. The Kier molecular flexibility index (Phi) is 2.93. The van der Waals surface area contributed by atoms with Crippen LogP contribution in [0.3, 0.4) is 0 Å². The predicted octanol–water partition coefficient (Wildman–Crippen LogP) is 0.516. The molecule has 16 heavy (non-hydrogen) atoms. The molecule has 4 N–H and O–H groups in total. The van der Waals surface area contributed by atoms with Gasteiger partial charge in [0.25, 0.3) is 5.91 Å². The highest BCUT2D eigenvalue weighted by molar-refractivity contribution is 6.03. The Bertz CT molecular complexity index is 480. The fourth-order valence-corrected chi connectivity index (χ4v) is 1.25. The van der Waals surface area contributed by atoms with Crippen molar-refractivity contribution in [2.75, 3.05) is 5.32 Å². The number of pyridine rings is 1. The number of amides is 1. The maximum Gasteiger partial charge on any atom is 0.256 e. The number of nitrogens with one attached hydrogen (secondary N) is 2. The quantitative estimate of drug-likeness (QED) is 0.698. The number of nitrogens with two attached hydrogens (primary N) is 1. The molecule has 1 amide bonds. The third-order valence-corrected chi connectivity index (χ3v) is 2.04. The van der Waals surface area contributed by atoms with E-state index in [0.717, 1.165) is 0 Å². The molecule has 0 fully saturated rings. The summed E-state index contributed by atoms with van der Waals surface area (Å²) in [5.41, 5.74) is 6.64. The molecule has 0 saturated carbocycles. The number of anilines is 1. The number of hydrogen-bond acceptors (Lipinski definition) is 4. The van der Waals surface area contributed by atoms with Crippen molar-refractivity contribution in [3.05, 3.63) is 41.9 Å². The molecule has 0 unspecified atom stereocenters. The van der Waals surface area contributed by atoms with Crippen LogP contribution in [0.25, 0.3) is 0 Å². The number of H-pyrrole nitrogens is 1. The van der Waals surface area contributed by atoms with Crippen molar-refractivity contribution >= 4 is 11.7 Å². The van der Waals surface area contributed by atoms with Crippen molar-refractivity contribution in [2.24, 2.45) is 5.73 Å². The van der Waals surface area contributed by atoms with Crippen molar-refractivity contribution in [3.8, 4) is 0 Å². The minimum Gasteiger partial charge on any atom is -0.325 e. The first kappa shape index (κ1) is 10.3. The summed E-state index contributed by atoms with van der Waals surface area (Å²) in [6.07, 6.45) is 3.12. The highest BCUT2D eigenvalue weighted by Gasteiger charge is 2.07. The number of carbonyl (C=O) groups is 1. The zero-order valence-corrected chi connectivity index (χ0v) is 8.47. The number of carbonyl (C=O) groups excluding carboxylic acids is 1. The first-order valence-electron chi connectivity index (χ1n) is 4.75. The van der Waals surface area contributed by atoms with Gasteiger partial charge in [0.1, 0.15) is 5.82 Å². The highest BCUT2D eigenvalue weighted by Crippen LogP contribution is 2.05. The molecule has 0 aliphatic heterocycles. The molecular weight excluding hydrogens is 206 g/mol. The van der Waals surface area contributed by atoms with Crippen LogP contribution < -0.4 is 11.1 Å². The minimum absolute atomic E-state index is 0.221. The molecule has 2 aromatic heterocycles. The number of aromatic nitrogens is 3. The molecule has 0 spiro atoms. The third-order valence-electron chi connectivity index (χ3n) is 2.04. The predicted molar refractivity (Wildman–Crippen MR) is 58.7 cm³/mol. The Morgan fingerprint density at radius 3 is 3.00 bits per heavy atom. The van der Waals surface area contributed by atoms with E-state index in [1.54, 1.807) is 30.6 Å². The smallest absolute Gasteiger partial charge is 0.256 e. The normalized spacial score (nSPS) is 10.1. The number of hydrogen-bond donors (Lipinski definition) is 3. The van der Waals surface area contributed by atoms with Crippen LogP contribution in [0.15, 0.2) is 30.6 Å². The summed E-state index contributed by atoms with van der Waals surface area (Å²) in [7, 11) is 0. The summed E-state index contributed by atoms with van der Waals surface area (Å²) in [6.45, 7) is 0.311. The zero-order valence-electron chi connectivity index (χ0n) is 8.47. The Morgan fingerprint density at radius 1 is 1.44 bits per heavy atom. The highest BCUT2D eigenvalue weighted by atomic mass is 16.1. The molecule has 82 valence electrons. The molecule has 2 aromatic rings. The maximum absolute atomic E-state index is 11.8. The summed E-state index contributed by atoms with van der Waals surface area (Å²) in [4.78, 5) is 15.8. The van der Waals surface area contributed by atoms with Crippen molar-refractivity contribution in [3.63, 3.8) is 0 Å². The first-order chi connectivity index (χ1) is 7.79. The molecule has 0 aromatic carbocycles. The monoisotopic (exact) mass is 217 g/mol. The maximum atomic E-state index is 11.8. The van der Waals surface area contributed by atoms with E-state index in [1.165, 1.54) is 0 Å². The van der Waals surface area contributed by atoms with Gasteiger partial charge in [0.2, 0.25) is 0 Å². The van der Waals surface area contributed by atoms with Crippen LogP contribution in [-0.2, 0) is 6.54 Å². The van der Waals surface area contributed by atoms with E-state index >= 15 is 0 Å². The topological polar surface area (TPSA) is 96.7 Å². The average molecular weight is 217 g/mol. The molecule has 0 radical (unpaired) electrons. The Hall–Kier alpha value is -2.21. The van der Waals surface area contributed by atoms with Gasteiger partial charge < -0.3 is 11.1 Å². The van der Waals surface area contributed by atoms with Gasteiger partial charge in [-0.3, -0.25) is 14.9 Å². The van der Waals surface area contributed by atoms with Gasteiger partial charge in [-0.2, -0.15) is 5.10 Å². The van der Waals surface area contributed by atoms with Gasteiger partial charge in [0.15, 0.2) is 0 Å². The molecule has 6 heteroatoms. The van der Waals surface area contributed by atoms with E-state index in [2.05, 4.69) is 20.5 Å². The summed E-state index contributed by atoms with van der Waals surface area (Å²) in [6, 6.07) is 4.96. The molecule has 0 aliphatic carbocycles. The molecule has 2 heterocycles. The van der Waals surface area contributed by atoms with Gasteiger partial charge in [-0.1, -0.05) is 0 Å². The second kappa shape index (κ2) is 4.54. The van der Waals surface area contributed by atoms with Crippen LogP contribution in [0.1, 0.15) is 16.1 Å². The lowest BCUT2D eigenvalue weighted by Crippen LogP contribution is -2.13. The second-order valence-electron chi connectivity index (χ2n) is 3.16. The SMILES string of the molecule is NCc1cc(C(=O)Nc2ccn[nH]2)ccn1. The Morgan fingerprint density at radius 2 is 2.31 bits per heavy atom. The molecular formula is C10H11N5O. The molecule has 6 nitrogen and oxygen atoms in total. The fraction of sp³-hybridized carbons (Fsp3) is 0.100. The standard InChI is InChI=1S/C10H11N5O/c11-6-8-5-7(1-3-12-8)10(16)14-9-2-4-13-15-9/h1-5H,6,11H2,(H2,13,14,15,16). The Labute approximate surface area is 91.9 Å². The number of nitrogens with zero attached hydrogens (tertiary/aromatic N) is 2. The van der Waals surface area contributed by atoms with Crippen LogP contribution >= 0.6 is 0 Å². The summed E-state index contributed by atoms with van der Waals surface area (Å²) in [5, 5.41) is 9.04. The van der Waals surface area contributed by atoms with E-state index in [4.69, 9.17) is 5.73 Å². The average Bonchev–Trinajstić information content (AvgIpc) is 2.82. The zero-order chi connectivity index (χ0) is 11.4. The van der Waals surface area contributed by atoms with Crippen molar-refractivity contribution in [2.45, 2.75) is 6.54 Å². The molecule has 0 atom stereocenters. The lowest BCUT2D eigenvalue weighted by atomic mass is 10.2.